The maximum absolute atomic E-state index is 12.3. The van der Waals surface area contributed by atoms with Gasteiger partial charge < -0.3 is 16.0 Å². The van der Waals surface area contributed by atoms with Gasteiger partial charge in [0.2, 0.25) is 17.7 Å². The van der Waals surface area contributed by atoms with Gasteiger partial charge in [0, 0.05) is 28.9 Å². The fraction of sp³-hybridized carbons (Fsp3) is 0.286. The van der Waals surface area contributed by atoms with Crippen LogP contribution in [0, 0.1) is 0 Å². The Balaban J connectivity index is 1.85. The molecular formula is C21H26N4O3S. The monoisotopic (exact) mass is 414 g/mol. The van der Waals surface area contributed by atoms with Crippen molar-refractivity contribution in [1.82, 2.24) is 4.90 Å². The smallest absolute Gasteiger partial charge is 0.238 e. The van der Waals surface area contributed by atoms with E-state index in [4.69, 9.17) is 0 Å². The second kappa shape index (κ2) is 11.2. The van der Waals surface area contributed by atoms with E-state index in [1.54, 1.807) is 40.9 Å². The number of benzene rings is 2. The lowest BCUT2D eigenvalue weighted by Gasteiger charge is -2.19. The molecule has 3 amide bonds. The van der Waals surface area contributed by atoms with Gasteiger partial charge in [0.25, 0.3) is 0 Å². The summed E-state index contributed by atoms with van der Waals surface area (Å²) < 4.78 is 0. The van der Waals surface area contributed by atoms with Gasteiger partial charge in [-0.15, -0.1) is 11.8 Å². The number of carbonyl (C=O) groups excluding carboxylic acids is 3. The van der Waals surface area contributed by atoms with Crippen LogP contribution in [0.3, 0.4) is 0 Å². The van der Waals surface area contributed by atoms with Crippen LogP contribution >= 0.6 is 11.8 Å². The first kappa shape index (κ1) is 22.4. The number of amides is 3. The van der Waals surface area contributed by atoms with E-state index >= 15 is 0 Å². The van der Waals surface area contributed by atoms with Crippen LogP contribution in [0.15, 0.2) is 53.4 Å². The summed E-state index contributed by atoms with van der Waals surface area (Å²) in [6.07, 6.45) is 1.98. The summed E-state index contributed by atoms with van der Waals surface area (Å²) in [6, 6.07) is 14.5. The van der Waals surface area contributed by atoms with Gasteiger partial charge in [-0.1, -0.05) is 13.0 Å². The van der Waals surface area contributed by atoms with Gasteiger partial charge in [0.05, 0.1) is 13.1 Å². The van der Waals surface area contributed by atoms with Crippen LogP contribution in [0.2, 0.25) is 0 Å². The molecule has 0 aliphatic carbocycles. The molecule has 3 N–H and O–H groups in total. The summed E-state index contributed by atoms with van der Waals surface area (Å²) in [5.41, 5.74) is 2.02. The number of carbonyl (C=O) groups is 3. The van der Waals surface area contributed by atoms with Crippen molar-refractivity contribution in [3.63, 3.8) is 0 Å². The van der Waals surface area contributed by atoms with Crippen molar-refractivity contribution in [1.29, 1.82) is 0 Å². The molecule has 0 atom stereocenters. The maximum Gasteiger partial charge on any atom is 0.238 e. The predicted molar refractivity (Wildman–Crippen MR) is 118 cm³/mol. The summed E-state index contributed by atoms with van der Waals surface area (Å²) in [5, 5.41) is 8.33. The molecule has 0 unspecified atom stereocenters. The molecule has 2 rings (SSSR count). The molecule has 0 radical (unpaired) electrons. The van der Waals surface area contributed by atoms with Gasteiger partial charge in [0.1, 0.15) is 0 Å². The quantitative estimate of drug-likeness (QED) is 0.548. The van der Waals surface area contributed by atoms with E-state index in [9.17, 15) is 14.4 Å². The van der Waals surface area contributed by atoms with E-state index in [2.05, 4.69) is 16.0 Å². The van der Waals surface area contributed by atoms with Gasteiger partial charge in [-0.05, 0) is 55.3 Å². The van der Waals surface area contributed by atoms with Crippen molar-refractivity contribution in [2.75, 3.05) is 41.8 Å². The number of hydrogen-bond acceptors (Lipinski definition) is 5. The SMILES string of the molecule is CCN(CC(=O)Nc1ccc(NC(C)=O)cc1)CC(=O)Nc1cccc(SC)c1. The molecule has 0 aliphatic rings. The third-order valence-corrected chi connectivity index (χ3v) is 4.75. The summed E-state index contributed by atoms with van der Waals surface area (Å²) in [5.74, 6) is -0.535. The fourth-order valence-electron chi connectivity index (χ4n) is 2.63. The Morgan fingerprint density at radius 2 is 1.41 bits per heavy atom. The number of likely N-dealkylation sites (N-methyl/N-ethyl adjacent to an activating group) is 1. The van der Waals surface area contributed by atoms with Crippen LogP contribution in [-0.2, 0) is 14.4 Å². The first-order valence-electron chi connectivity index (χ1n) is 9.23. The highest BCUT2D eigenvalue weighted by Gasteiger charge is 2.14. The number of hydrogen-bond donors (Lipinski definition) is 3. The van der Waals surface area contributed by atoms with Crippen molar-refractivity contribution >= 4 is 46.5 Å². The number of anilines is 3. The van der Waals surface area contributed by atoms with Gasteiger partial charge in [0.15, 0.2) is 0 Å². The Labute approximate surface area is 175 Å². The molecule has 7 nitrogen and oxygen atoms in total. The largest absolute Gasteiger partial charge is 0.326 e. The second-order valence-corrected chi connectivity index (χ2v) is 7.27. The molecule has 0 saturated heterocycles. The Hall–Kier alpha value is -2.84. The van der Waals surface area contributed by atoms with Crippen LogP contribution < -0.4 is 16.0 Å². The average Bonchev–Trinajstić information content (AvgIpc) is 2.68. The first-order valence-corrected chi connectivity index (χ1v) is 10.5. The van der Waals surface area contributed by atoms with Crippen molar-refractivity contribution in [3.8, 4) is 0 Å². The normalized spacial score (nSPS) is 10.5. The molecule has 29 heavy (non-hydrogen) atoms. The Bertz CT molecular complexity index is 855. The zero-order valence-electron chi connectivity index (χ0n) is 16.8. The topological polar surface area (TPSA) is 90.5 Å². The molecule has 0 spiro atoms. The molecular weight excluding hydrogens is 388 g/mol. The average molecular weight is 415 g/mol. The van der Waals surface area contributed by atoms with Crippen LogP contribution in [-0.4, -0.2) is 48.5 Å². The first-order chi connectivity index (χ1) is 13.9. The van der Waals surface area contributed by atoms with E-state index < -0.39 is 0 Å². The number of rotatable bonds is 9. The van der Waals surface area contributed by atoms with Crippen LogP contribution in [0.5, 0.6) is 0 Å². The molecule has 2 aromatic rings. The van der Waals surface area contributed by atoms with Gasteiger partial charge in [-0.3, -0.25) is 19.3 Å². The van der Waals surface area contributed by atoms with Gasteiger partial charge in [-0.2, -0.15) is 0 Å². The minimum absolute atomic E-state index is 0.0994. The Morgan fingerprint density at radius 1 is 0.862 bits per heavy atom. The lowest BCUT2D eigenvalue weighted by molar-refractivity contribution is -0.120. The van der Waals surface area contributed by atoms with E-state index in [0.717, 1.165) is 10.6 Å². The Morgan fingerprint density at radius 3 is 1.93 bits per heavy atom. The lowest BCUT2D eigenvalue weighted by Crippen LogP contribution is -2.38. The molecule has 0 saturated carbocycles. The Kier molecular flexibility index (Phi) is 8.69. The van der Waals surface area contributed by atoms with E-state index in [1.165, 1.54) is 6.92 Å². The van der Waals surface area contributed by atoms with Crippen LogP contribution in [0.4, 0.5) is 17.1 Å². The van der Waals surface area contributed by atoms with Crippen molar-refractivity contribution < 1.29 is 14.4 Å². The maximum atomic E-state index is 12.3. The summed E-state index contributed by atoms with van der Waals surface area (Å²) in [4.78, 5) is 38.5. The van der Waals surface area contributed by atoms with Crippen molar-refractivity contribution in [3.05, 3.63) is 48.5 Å². The number of thioether (sulfide) groups is 1. The zero-order valence-corrected chi connectivity index (χ0v) is 17.6. The standard InChI is InChI=1S/C21H26N4O3S/c1-4-25(14-21(28)24-18-6-5-7-19(12-18)29-3)13-20(27)23-17-10-8-16(9-11-17)22-15(2)26/h5-12H,4,13-14H2,1-3H3,(H,22,26)(H,23,27)(H,24,28). The van der Waals surface area contributed by atoms with Gasteiger partial charge in [-0.25, -0.2) is 0 Å². The predicted octanol–water partition coefficient (Wildman–Crippen LogP) is 3.27. The van der Waals surface area contributed by atoms with Crippen molar-refractivity contribution in [2.24, 2.45) is 0 Å². The third-order valence-electron chi connectivity index (χ3n) is 4.02. The van der Waals surface area contributed by atoms with E-state index in [-0.39, 0.29) is 30.8 Å². The summed E-state index contributed by atoms with van der Waals surface area (Å²) in [7, 11) is 0. The summed E-state index contributed by atoms with van der Waals surface area (Å²) in [6.45, 7) is 4.12. The minimum Gasteiger partial charge on any atom is -0.326 e. The highest BCUT2D eigenvalue weighted by atomic mass is 32.2. The molecule has 154 valence electrons. The minimum atomic E-state index is -0.212. The molecule has 0 aromatic heterocycles. The number of nitrogens with zero attached hydrogens (tertiary/aromatic N) is 1. The molecule has 8 heteroatoms. The highest BCUT2D eigenvalue weighted by Crippen LogP contribution is 2.19. The van der Waals surface area contributed by atoms with E-state index in [1.807, 2.05) is 37.4 Å². The second-order valence-electron chi connectivity index (χ2n) is 6.39. The summed E-state index contributed by atoms with van der Waals surface area (Å²) >= 11 is 1.61. The molecule has 2 aromatic carbocycles. The molecule has 0 fully saturated rings. The molecule has 0 heterocycles. The molecule has 0 aliphatic heterocycles. The van der Waals surface area contributed by atoms with Crippen molar-refractivity contribution in [2.45, 2.75) is 18.7 Å². The van der Waals surface area contributed by atoms with E-state index in [0.29, 0.717) is 17.9 Å². The molecule has 0 bridgehead atoms. The van der Waals surface area contributed by atoms with Crippen LogP contribution in [0.25, 0.3) is 0 Å². The number of nitrogens with one attached hydrogen (secondary N) is 3. The lowest BCUT2D eigenvalue weighted by atomic mass is 10.2. The highest BCUT2D eigenvalue weighted by molar-refractivity contribution is 7.98. The fourth-order valence-corrected chi connectivity index (χ4v) is 3.09. The van der Waals surface area contributed by atoms with Gasteiger partial charge >= 0.3 is 0 Å². The third kappa shape index (κ3) is 7.97. The zero-order chi connectivity index (χ0) is 21.2. The van der Waals surface area contributed by atoms with Crippen LogP contribution in [0.1, 0.15) is 13.8 Å².